The molecule has 4 fully saturated rings. The van der Waals surface area contributed by atoms with E-state index in [9.17, 15) is 24.0 Å². The standard InChI is InChI=1S/C57H79FN12O7/c1-11-67-44-17-14-35-27-39(44)41(49(67)40-28-37(31-59-47(40)34(4)76-10)66-25-23-65(24-26-66)36-15-16-36)30-56(5,6)32-77-54(74)42-13-12-20-70(62-42)53(73)43-29-46-61-50(35)63-69(46)22-19-45-38(18-21-68(45)55(75)57(7,8)58)52(72)64(9)48(33(2)3)51(71)60-43/h14,17,27-28,31,33-34,36,38,42-43,45,48,62H,11-13,15-16,18-26,29-30,32H2,1-10H3,(H,60,71)/t34-,38-,42-,43-,45+,48-/m0/s1. The highest BCUT2D eigenvalue weighted by Gasteiger charge is 2.48. The number of hydrogen-bond acceptors (Lipinski definition) is 13. The Balaban J connectivity index is 1.14. The lowest BCUT2D eigenvalue weighted by Crippen LogP contribution is -2.62. The van der Waals surface area contributed by atoms with Crippen LogP contribution in [-0.4, -0.2) is 170 Å². The van der Waals surface area contributed by atoms with Crippen molar-refractivity contribution in [3.8, 4) is 22.6 Å². The van der Waals surface area contributed by atoms with Crippen molar-refractivity contribution >= 4 is 46.2 Å². The van der Waals surface area contributed by atoms with Gasteiger partial charge in [-0.2, -0.15) is 5.10 Å². The van der Waals surface area contributed by atoms with Gasteiger partial charge in [0, 0.05) is 112 Å². The summed E-state index contributed by atoms with van der Waals surface area (Å²) in [5.74, 6) is -2.92. The van der Waals surface area contributed by atoms with Crippen molar-refractivity contribution < 1.29 is 37.8 Å². The second-order valence-corrected chi connectivity index (χ2v) is 24.0. The number of piperazine rings is 1. The molecule has 1 aromatic carbocycles. The van der Waals surface area contributed by atoms with Crippen molar-refractivity contribution in [2.24, 2.45) is 17.3 Å². The molecule has 6 atom stereocenters. The van der Waals surface area contributed by atoms with Crippen LogP contribution in [0.15, 0.2) is 30.5 Å². The molecule has 3 saturated heterocycles. The lowest BCUT2D eigenvalue weighted by atomic mass is 9.84. The number of hydrazine groups is 1. The summed E-state index contributed by atoms with van der Waals surface area (Å²) in [5, 5.41) is 10.6. The Labute approximate surface area is 451 Å². The second-order valence-electron chi connectivity index (χ2n) is 24.0. The monoisotopic (exact) mass is 1060 g/mol. The van der Waals surface area contributed by atoms with E-state index in [1.165, 1.54) is 41.5 Å². The van der Waals surface area contributed by atoms with Crippen LogP contribution in [0, 0.1) is 17.3 Å². The Kier molecular flexibility index (Phi) is 15.1. The Hall–Kier alpha value is -5.99. The number of fused-ring (bicyclic) bond motifs is 7. The largest absolute Gasteiger partial charge is 0.464 e. The summed E-state index contributed by atoms with van der Waals surface area (Å²) in [6.45, 7) is 19.6. The third-order valence-corrected chi connectivity index (χ3v) is 17.1. The maximum absolute atomic E-state index is 15.6. The molecule has 20 heteroatoms. The number of nitrogens with one attached hydrogen (secondary N) is 2. The smallest absolute Gasteiger partial charge is 0.324 e. The van der Waals surface area contributed by atoms with Crippen molar-refractivity contribution in [1.29, 1.82) is 0 Å². The van der Waals surface area contributed by atoms with Crippen molar-refractivity contribution in [1.82, 2.24) is 54.8 Å². The van der Waals surface area contributed by atoms with Crippen LogP contribution in [0.3, 0.4) is 0 Å². The van der Waals surface area contributed by atoms with Crippen LogP contribution in [-0.2, 0) is 59.4 Å². The number of amides is 4. The van der Waals surface area contributed by atoms with E-state index in [2.05, 4.69) is 64.1 Å². The van der Waals surface area contributed by atoms with Crippen molar-refractivity contribution in [2.75, 3.05) is 64.9 Å². The van der Waals surface area contributed by atoms with E-state index >= 15 is 4.39 Å². The maximum atomic E-state index is 15.6. The first-order chi connectivity index (χ1) is 36.7. The van der Waals surface area contributed by atoms with Crippen LogP contribution < -0.4 is 15.6 Å². The number of carbonyl (C=O) groups is 5. The van der Waals surface area contributed by atoms with Crippen LogP contribution in [0.1, 0.15) is 117 Å². The number of nitrogens with zero attached hydrogens (tertiary/aromatic N) is 10. The van der Waals surface area contributed by atoms with Gasteiger partial charge in [0.2, 0.25) is 11.8 Å². The van der Waals surface area contributed by atoms with Gasteiger partial charge in [-0.15, -0.1) is 0 Å². The molecule has 2 N–H and O–H groups in total. The van der Waals surface area contributed by atoms with E-state index in [1.807, 2.05) is 33.0 Å². The molecule has 7 bridgehead atoms. The fourth-order valence-corrected chi connectivity index (χ4v) is 12.8. The number of hydrogen-bond donors (Lipinski definition) is 2. The fourth-order valence-electron chi connectivity index (χ4n) is 12.8. The molecule has 4 amide bonds. The molecule has 0 spiro atoms. The first kappa shape index (κ1) is 54.4. The summed E-state index contributed by atoms with van der Waals surface area (Å²) >= 11 is 0. The highest BCUT2D eigenvalue weighted by molar-refractivity contribution is 5.96. The molecule has 1 saturated carbocycles. The second kappa shape index (κ2) is 21.3. The van der Waals surface area contributed by atoms with Gasteiger partial charge in [-0.25, -0.2) is 19.5 Å². The zero-order valence-electron chi connectivity index (χ0n) is 46.7. The molecule has 4 aromatic rings. The minimum absolute atomic E-state index is 0.0886. The number of likely N-dealkylation sites (tertiary alicyclic amines) is 1. The molecule has 1 aliphatic carbocycles. The molecule has 10 rings (SSSR count). The summed E-state index contributed by atoms with van der Waals surface area (Å²) in [6, 6.07) is 5.43. The SMILES string of the molecule is CCn1c(-c2cc(N3CCN(C4CC4)CC3)cnc2[C@H](C)OC)c2c3cc(ccc31)-c1nc3n(n1)CC[C@@H]1[C@H](CCN1C(=O)C(C)(C)F)C(=O)N(C)[C@@H](C(C)C)C(=O)N[C@@H](C3)C(=O)N1CCC[C@H](N1)C(=O)OCC(C)(C)C2. The molecular formula is C57H79FN12O7. The average Bonchev–Trinajstić information content (AvgIpc) is 3.99. The minimum Gasteiger partial charge on any atom is -0.464 e. The van der Waals surface area contributed by atoms with E-state index in [0.717, 1.165) is 65.3 Å². The number of carbonyl (C=O) groups excluding carboxylic acids is 5. The number of esters is 1. The molecule has 416 valence electrons. The minimum atomic E-state index is -2.19. The Morgan fingerprint density at radius 2 is 1.70 bits per heavy atom. The Bertz CT molecular complexity index is 2920. The van der Waals surface area contributed by atoms with E-state index in [4.69, 9.17) is 24.5 Å². The zero-order chi connectivity index (χ0) is 54.8. The molecular weight excluding hydrogens is 984 g/mol. The van der Waals surface area contributed by atoms with Crippen LogP contribution >= 0.6 is 0 Å². The van der Waals surface area contributed by atoms with Crippen LogP contribution in [0.4, 0.5) is 10.1 Å². The topological polar surface area (TPSA) is 193 Å². The van der Waals surface area contributed by atoms with Gasteiger partial charge in [-0.1, -0.05) is 27.7 Å². The van der Waals surface area contributed by atoms with Gasteiger partial charge in [0.05, 0.1) is 41.9 Å². The molecule has 8 heterocycles. The van der Waals surface area contributed by atoms with Gasteiger partial charge >= 0.3 is 5.97 Å². The predicted octanol–water partition coefficient (Wildman–Crippen LogP) is 5.47. The number of aryl methyl sites for hydroxylation is 2. The average molecular weight is 1060 g/mol. The summed E-state index contributed by atoms with van der Waals surface area (Å²) in [5.41, 5.74) is 6.93. The normalized spacial score (nSPS) is 25.5. The van der Waals surface area contributed by atoms with Gasteiger partial charge in [0.1, 0.15) is 23.9 Å². The first-order valence-corrected chi connectivity index (χ1v) is 28.1. The number of cyclic esters (lactones) is 1. The van der Waals surface area contributed by atoms with E-state index < -0.39 is 64.9 Å². The van der Waals surface area contributed by atoms with Gasteiger partial charge in [-0.05, 0) is 108 Å². The highest BCUT2D eigenvalue weighted by Crippen LogP contribution is 2.43. The number of benzene rings is 1. The van der Waals surface area contributed by atoms with Gasteiger partial charge in [0.25, 0.3) is 11.8 Å². The molecule has 5 aliphatic heterocycles. The van der Waals surface area contributed by atoms with Crippen LogP contribution in [0.5, 0.6) is 0 Å². The number of anilines is 1. The summed E-state index contributed by atoms with van der Waals surface area (Å²) in [4.78, 5) is 90.8. The summed E-state index contributed by atoms with van der Waals surface area (Å²) < 4.78 is 31.9. The zero-order valence-corrected chi connectivity index (χ0v) is 46.7. The van der Waals surface area contributed by atoms with Gasteiger partial charge in [0.15, 0.2) is 11.5 Å². The lowest BCUT2D eigenvalue weighted by Gasteiger charge is -2.37. The number of methoxy groups -OCH3 is 1. The highest BCUT2D eigenvalue weighted by atomic mass is 19.1. The Morgan fingerprint density at radius 1 is 0.948 bits per heavy atom. The fraction of sp³-hybridized carbons (Fsp3) is 0.649. The molecule has 0 radical (unpaired) electrons. The van der Waals surface area contributed by atoms with Crippen molar-refractivity contribution in [3.05, 3.63) is 47.5 Å². The molecule has 6 aliphatic rings. The van der Waals surface area contributed by atoms with E-state index in [-0.39, 0.29) is 63.4 Å². The maximum Gasteiger partial charge on any atom is 0.324 e. The molecule has 77 heavy (non-hydrogen) atoms. The molecule has 3 aromatic heterocycles. The van der Waals surface area contributed by atoms with Crippen molar-refractivity contribution in [2.45, 2.75) is 162 Å². The quantitative estimate of drug-likeness (QED) is 0.211. The third-order valence-electron chi connectivity index (χ3n) is 17.1. The Morgan fingerprint density at radius 3 is 2.39 bits per heavy atom. The van der Waals surface area contributed by atoms with Crippen LogP contribution in [0.2, 0.25) is 0 Å². The summed E-state index contributed by atoms with van der Waals surface area (Å²) in [6.07, 6.45) is 6.03. The lowest BCUT2D eigenvalue weighted by molar-refractivity contribution is -0.155. The van der Waals surface area contributed by atoms with E-state index in [1.54, 1.807) is 18.8 Å². The van der Waals surface area contributed by atoms with Crippen LogP contribution in [0.25, 0.3) is 33.5 Å². The number of pyridine rings is 1. The number of halogens is 1. The first-order valence-electron chi connectivity index (χ1n) is 28.1. The molecule has 19 nitrogen and oxygen atoms in total. The third kappa shape index (κ3) is 10.7. The number of aromatic nitrogens is 5. The summed E-state index contributed by atoms with van der Waals surface area (Å²) in [7, 11) is 3.28. The van der Waals surface area contributed by atoms with Gasteiger partial charge in [-0.3, -0.25) is 38.9 Å². The number of alkyl halides is 1. The molecule has 0 unspecified atom stereocenters. The number of likely N-dealkylation sites (N-methyl/N-ethyl adjacent to an activating group) is 1. The predicted molar refractivity (Wildman–Crippen MR) is 289 cm³/mol. The number of rotatable bonds is 8. The van der Waals surface area contributed by atoms with Gasteiger partial charge < -0.3 is 34.1 Å². The number of ether oxygens (including phenoxy) is 2. The van der Waals surface area contributed by atoms with Crippen molar-refractivity contribution in [3.63, 3.8) is 0 Å². The van der Waals surface area contributed by atoms with E-state index in [0.29, 0.717) is 49.1 Å².